The van der Waals surface area contributed by atoms with E-state index in [2.05, 4.69) is 39.0 Å². The van der Waals surface area contributed by atoms with E-state index in [0.29, 0.717) is 0 Å². The van der Waals surface area contributed by atoms with Crippen molar-refractivity contribution in [2.45, 2.75) is 32.2 Å². The third kappa shape index (κ3) is 2.53. The van der Waals surface area contributed by atoms with Crippen LogP contribution in [-0.4, -0.2) is 37.7 Å². The average Bonchev–Trinajstić information content (AvgIpc) is 3.50. The van der Waals surface area contributed by atoms with Gasteiger partial charge in [-0.05, 0) is 49.3 Å². The highest BCUT2D eigenvalue weighted by Gasteiger charge is 2.46. The number of hydrogen-bond acceptors (Lipinski definition) is 7. The summed E-state index contributed by atoms with van der Waals surface area (Å²) >= 11 is 1.61. The molecule has 0 saturated carbocycles. The molecule has 4 aromatic heterocycles. The van der Waals surface area contributed by atoms with Gasteiger partial charge in [-0.15, -0.1) is 11.3 Å². The Morgan fingerprint density at radius 2 is 2.07 bits per heavy atom. The van der Waals surface area contributed by atoms with Crippen LogP contribution in [0.25, 0.3) is 16.1 Å². The van der Waals surface area contributed by atoms with E-state index in [0.717, 1.165) is 60.0 Å². The molecule has 1 fully saturated rings. The Morgan fingerprint density at radius 3 is 2.83 bits per heavy atom. The summed E-state index contributed by atoms with van der Waals surface area (Å²) < 4.78 is 2.01. The fourth-order valence-corrected chi connectivity index (χ4v) is 5.93. The molecule has 5 heterocycles. The van der Waals surface area contributed by atoms with E-state index in [1.165, 1.54) is 11.3 Å². The summed E-state index contributed by atoms with van der Waals surface area (Å²) in [7, 11) is 0. The first-order valence-corrected chi connectivity index (χ1v) is 11.2. The monoisotopic (exact) mass is 417 g/mol. The number of aryl methyl sites for hydroxylation is 1. The van der Waals surface area contributed by atoms with E-state index < -0.39 is 0 Å². The quantitative estimate of drug-likeness (QED) is 0.538. The van der Waals surface area contributed by atoms with Crippen LogP contribution in [0.1, 0.15) is 35.8 Å². The highest BCUT2D eigenvalue weighted by molar-refractivity contribution is 7.13. The van der Waals surface area contributed by atoms with Gasteiger partial charge >= 0.3 is 0 Å². The second kappa shape index (κ2) is 6.58. The van der Waals surface area contributed by atoms with Gasteiger partial charge in [0.05, 0.1) is 22.3 Å². The number of hydrogen-bond donors (Lipinski definition) is 1. The standard InChI is InChI=1S/C22H23N7S/c1-14-19(18-12-24-13-30-18)29-17(4-8-26-29)21(27-14)28-9-5-22(6-10-28)11-16-15(20(22)23)3-2-7-25-16/h2-4,7-8,12-13,20H,5-6,9-11,23H2,1H3/t20-/m1/s1. The van der Waals surface area contributed by atoms with Crippen LogP contribution >= 0.6 is 11.3 Å². The zero-order chi connectivity index (χ0) is 20.3. The minimum absolute atomic E-state index is 0.0711. The van der Waals surface area contributed by atoms with Gasteiger partial charge in [-0.1, -0.05) is 6.07 Å². The lowest BCUT2D eigenvalue weighted by molar-refractivity contribution is 0.187. The van der Waals surface area contributed by atoms with Crippen molar-refractivity contribution in [1.29, 1.82) is 0 Å². The summed E-state index contributed by atoms with van der Waals surface area (Å²) in [6, 6.07) is 6.27. The van der Waals surface area contributed by atoms with Crippen molar-refractivity contribution in [3.8, 4) is 10.6 Å². The number of nitrogens with zero attached hydrogens (tertiary/aromatic N) is 6. The predicted octanol–water partition coefficient (Wildman–Crippen LogP) is 3.40. The normalized spacial score (nSPS) is 20.2. The van der Waals surface area contributed by atoms with Crippen molar-refractivity contribution in [3.05, 3.63) is 59.3 Å². The molecule has 6 rings (SSSR count). The second-order valence-electron chi connectivity index (χ2n) is 8.41. The fourth-order valence-electron chi connectivity index (χ4n) is 5.23. The fraction of sp³-hybridized carbons (Fsp3) is 0.364. The van der Waals surface area contributed by atoms with Crippen molar-refractivity contribution in [3.63, 3.8) is 0 Å². The number of piperidine rings is 1. The smallest absolute Gasteiger partial charge is 0.155 e. The third-order valence-electron chi connectivity index (χ3n) is 6.86. The molecule has 1 saturated heterocycles. The van der Waals surface area contributed by atoms with E-state index in [1.54, 1.807) is 11.3 Å². The summed E-state index contributed by atoms with van der Waals surface area (Å²) in [6.45, 7) is 3.93. The maximum atomic E-state index is 6.72. The Kier molecular flexibility index (Phi) is 3.94. The topological polar surface area (TPSA) is 85.2 Å². The summed E-state index contributed by atoms with van der Waals surface area (Å²) in [5.74, 6) is 1.01. The molecule has 0 aromatic carbocycles. The van der Waals surface area contributed by atoms with Crippen LogP contribution in [0.2, 0.25) is 0 Å². The number of anilines is 1. The lowest BCUT2D eigenvalue weighted by atomic mass is 9.73. The summed E-state index contributed by atoms with van der Waals surface area (Å²) in [5, 5.41) is 4.60. The summed E-state index contributed by atoms with van der Waals surface area (Å²) in [6.07, 6.45) is 8.69. The Balaban J connectivity index is 1.32. The lowest BCUT2D eigenvalue weighted by Gasteiger charge is -2.42. The van der Waals surface area contributed by atoms with Gasteiger partial charge in [-0.2, -0.15) is 5.10 Å². The second-order valence-corrected chi connectivity index (χ2v) is 9.29. The molecule has 1 aliphatic heterocycles. The minimum Gasteiger partial charge on any atom is -0.355 e. The number of aromatic nitrogens is 5. The van der Waals surface area contributed by atoms with Crippen molar-refractivity contribution >= 4 is 22.7 Å². The molecule has 8 heteroatoms. The highest BCUT2D eigenvalue weighted by Crippen LogP contribution is 2.50. The number of fused-ring (bicyclic) bond motifs is 2. The molecule has 2 N–H and O–H groups in total. The molecule has 0 unspecified atom stereocenters. The zero-order valence-electron chi connectivity index (χ0n) is 16.8. The molecular formula is C22H23N7S. The van der Waals surface area contributed by atoms with Crippen molar-refractivity contribution in [2.24, 2.45) is 11.1 Å². The van der Waals surface area contributed by atoms with Gasteiger partial charge in [-0.3, -0.25) is 9.97 Å². The maximum Gasteiger partial charge on any atom is 0.155 e. The summed E-state index contributed by atoms with van der Waals surface area (Å²) in [5.41, 5.74) is 14.1. The number of pyridine rings is 1. The van der Waals surface area contributed by atoms with Gasteiger partial charge in [0.25, 0.3) is 0 Å². The largest absolute Gasteiger partial charge is 0.355 e. The van der Waals surface area contributed by atoms with Crippen molar-refractivity contribution in [1.82, 2.24) is 24.6 Å². The third-order valence-corrected chi connectivity index (χ3v) is 7.64. The molecule has 1 atom stereocenters. The van der Waals surface area contributed by atoms with Crippen LogP contribution in [-0.2, 0) is 6.42 Å². The van der Waals surface area contributed by atoms with Crippen LogP contribution in [0.4, 0.5) is 5.82 Å². The van der Waals surface area contributed by atoms with E-state index in [9.17, 15) is 0 Å². The minimum atomic E-state index is 0.0711. The number of rotatable bonds is 2. The maximum absolute atomic E-state index is 6.72. The lowest BCUT2D eigenvalue weighted by Crippen LogP contribution is -2.44. The molecule has 152 valence electrons. The van der Waals surface area contributed by atoms with Gasteiger partial charge < -0.3 is 10.6 Å². The van der Waals surface area contributed by atoms with E-state index in [4.69, 9.17) is 10.7 Å². The molecule has 4 aromatic rings. The molecule has 0 amide bonds. The number of thiazole rings is 1. The van der Waals surface area contributed by atoms with Gasteiger partial charge in [0.1, 0.15) is 11.2 Å². The molecule has 0 bridgehead atoms. The molecule has 2 aliphatic rings. The molecule has 7 nitrogen and oxygen atoms in total. The Morgan fingerprint density at radius 1 is 1.20 bits per heavy atom. The van der Waals surface area contributed by atoms with Crippen molar-refractivity contribution < 1.29 is 0 Å². The van der Waals surface area contributed by atoms with Crippen LogP contribution in [0.3, 0.4) is 0 Å². The van der Waals surface area contributed by atoms with Crippen molar-refractivity contribution in [2.75, 3.05) is 18.0 Å². The van der Waals surface area contributed by atoms with Crippen LogP contribution < -0.4 is 10.6 Å². The SMILES string of the molecule is Cc1nc(N2CCC3(CC2)Cc2ncccc2[C@H]3N)c2ccnn2c1-c1cncs1. The Bertz CT molecular complexity index is 1220. The van der Waals surface area contributed by atoms with Crippen LogP contribution in [0, 0.1) is 12.3 Å². The van der Waals surface area contributed by atoms with E-state index >= 15 is 0 Å². The van der Waals surface area contributed by atoms with Crippen LogP contribution in [0.15, 0.2) is 42.3 Å². The van der Waals surface area contributed by atoms with Crippen LogP contribution in [0.5, 0.6) is 0 Å². The first-order chi connectivity index (χ1) is 14.7. The van der Waals surface area contributed by atoms with Gasteiger partial charge in [0, 0.05) is 37.2 Å². The molecule has 30 heavy (non-hydrogen) atoms. The Hall–Kier alpha value is -2.84. The average molecular weight is 418 g/mol. The summed E-state index contributed by atoms with van der Waals surface area (Å²) in [4.78, 5) is 17.3. The van der Waals surface area contributed by atoms with Gasteiger partial charge in [0.2, 0.25) is 0 Å². The number of nitrogens with two attached hydrogens (primary N) is 1. The predicted molar refractivity (Wildman–Crippen MR) is 118 cm³/mol. The Labute approximate surface area is 178 Å². The van der Waals surface area contributed by atoms with E-state index in [1.807, 2.05) is 34.7 Å². The molecular weight excluding hydrogens is 394 g/mol. The first-order valence-electron chi connectivity index (χ1n) is 10.3. The van der Waals surface area contributed by atoms with Gasteiger partial charge in [0.15, 0.2) is 5.82 Å². The molecule has 0 radical (unpaired) electrons. The van der Waals surface area contributed by atoms with E-state index in [-0.39, 0.29) is 11.5 Å². The molecule has 1 aliphatic carbocycles. The zero-order valence-corrected chi connectivity index (χ0v) is 17.6. The first kappa shape index (κ1) is 18.0. The molecule has 1 spiro atoms. The van der Waals surface area contributed by atoms with Gasteiger partial charge in [-0.25, -0.2) is 9.50 Å². The highest BCUT2D eigenvalue weighted by atomic mass is 32.1.